The van der Waals surface area contributed by atoms with E-state index in [-0.39, 0.29) is 18.1 Å². The highest BCUT2D eigenvalue weighted by atomic mass is 16.5. The second-order valence-electron chi connectivity index (χ2n) is 7.18. The fourth-order valence-corrected chi connectivity index (χ4v) is 3.94. The molecule has 4 heterocycles. The quantitative estimate of drug-likeness (QED) is 0.858. The zero-order valence-electron chi connectivity index (χ0n) is 14.8. The summed E-state index contributed by atoms with van der Waals surface area (Å²) in [5.74, 6) is 0.584. The molecule has 0 spiro atoms. The molecule has 2 saturated heterocycles. The Kier molecular flexibility index (Phi) is 5.22. The molecule has 136 valence electrons. The minimum Gasteiger partial charge on any atom is -0.373 e. The zero-order valence-corrected chi connectivity index (χ0v) is 14.8. The van der Waals surface area contributed by atoms with Gasteiger partial charge in [0.15, 0.2) is 0 Å². The first kappa shape index (κ1) is 17.1. The predicted molar refractivity (Wildman–Crippen MR) is 97.0 cm³/mol. The van der Waals surface area contributed by atoms with E-state index in [1.807, 2.05) is 24.5 Å². The number of likely N-dealkylation sites (tertiary alicyclic amines) is 1. The number of ether oxygens (including phenoxy) is 1. The summed E-state index contributed by atoms with van der Waals surface area (Å²) in [6, 6.07) is 7.95. The largest absolute Gasteiger partial charge is 0.373 e. The lowest BCUT2D eigenvalue weighted by molar-refractivity contribution is -0.124. The van der Waals surface area contributed by atoms with Gasteiger partial charge in [-0.15, -0.1) is 0 Å². The highest BCUT2D eigenvalue weighted by Gasteiger charge is 2.42. The molecule has 2 aliphatic rings. The topological polar surface area (TPSA) is 67.4 Å². The third-order valence-corrected chi connectivity index (χ3v) is 5.17. The third-order valence-electron chi connectivity index (χ3n) is 5.17. The van der Waals surface area contributed by atoms with Gasteiger partial charge in [0.05, 0.1) is 18.6 Å². The predicted octanol–water partition coefficient (Wildman–Crippen LogP) is 1.77. The molecule has 0 saturated carbocycles. The molecule has 0 aromatic carbocycles. The highest BCUT2D eigenvalue weighted by molar-refractivity contribution is 5.76. The number of carbonyl (C=O) groups excluding carboxylic acids is 1. The van der Waals surface area contributed by atoms with Crippen molar-refractivity contribution in [2.24, 2.45) is 5.92 Å². The summed E-state index contributed by atoms with van der Waals surface area (Å²) in [6.45, 7) is 3.45. The Morgan fingerprint density at radius 1 is 1.15 bits per heavy atom. The molecule has 6 nitrogen and oxygen atoms in total. The van der Waals surface area contributed by atoms with E-state index in [2.05, 4.69) is 32.3 Å². The van der Waals surface area contributed by atoms with Gasteiger partial charge in [0.1, 0.15) is 0 Å². The Morgan fingerprint density at radius 2 is 2.04 bits per heavy atom. The van der Waals surface area contributed by atoms with E-state index in [9.17, 15) is 4.79 Å². The molecule has 2 aliphatic heterocycles. The maximum absolute atomic E-state index is 12.2. The maximum atomic E-state index is 12.2. The van der Waals surface area contributed by atoms with Gasteiger partial charge in [-0.25, -0.2) is 0 Å². The minimum absolute atomic E-state index is 0.0435. The van der Waals surface area contributed by atoms with Crippen molar-refractivity contribution in [1.29, 1.82) is 0 Å². The Labute approximate surface area is 153 Å². The molecule has 0 bridgehead atoms. The van der Waals surface area contributed by atoms with E-state index in [4.69, 9.17) is 4.74 Å². The number of rotatable bonds is 6. The normalized spacial score (nSPS) is 25.2. The minimum atomic E-state index is 0.0435. The molecule has 0 aliphatic carbocycles. The second-order valence-corrected chi connectivity index (χ2v) is 7.18. The van der Waals surface area contributed by atoms with Crippen molar-refractivity contribution in [1.82, 2.24) is 20.2 Å². The van der Waals surface area contributed by atoms with Crippen LogP contribution in [-0.4, -0.2) is 46.1 Å². The van der Waals surface area contributed by atoms with Crippen molar-refractivity contribution in [2.45, 2.75) is 38.1 Å². The second kappa shape index (κ2) is 7.93. The summed E-state index contributed by atoms with van der Waals surface area (Å²) < 4.78 is 6.15. The van der Waals surface area contributed by atoms with Gasteiger partial charge >= 0.3 is 0 Å². The number of hydrogen-bond donors (Lipinski definition) is 1. The van der Waals surface area contributed by atoms with Gasteiger partial charge in [0.2, 0.25) is 5.91 Å². The molecule has 3 atom stereocenters. The number of carbonyl (C=O) groups is 1. The molecular weight excluding hydrogens is 328 g/mol. The molecule has 2 aromatic heterocycles. The van der Waals surface area contributed by atoms with E-state index >= 15 is 0 Å². The number of nitrogens with one attached hydrogen (secondary N) is 1. The van der Waals surface area contributed by atoms with Gasteiger partial charge in [-0.1, -0.05) is 6.07 Å². The average Bonchev–Trinajstić information content (AvgIpc) is 3.19. The van der Waals surface area contributed by atoms with Crippen molar-refractivity contribution in [2.75, 3.05) is 13.1 Å². The van der Waals surface area contributed by atoms with Gasteiger partial charge in [-0.05, 0) is 35.7 Å². The van der Waals surface area contributed by atoms with E-state index in [1.165, 1.54) is 5.56 Å². The molecular formula is C20H24N4O2. The van der Waals surface area contributed by atoms with Crippen molar-refractivity contribution in [3.63, 3.8) is 0 Å². The van der Waals surface area contributed by atoms with Crippen LogP contribution in [0.2, 0.25) is 0 Å². The van der Waals surface area contributed by atoms with Crippen LogP contribution in [-0.2, 0) is 22.6 Å². The van der Waals surface area contributed by atoms with E-state index < -0.39 is 0 Å². The first-order valence-corrected chi connectivity index (χ1v) is 9.18. The van der Waals surface area contributed by atoms with E-state index in [1.54, 1.807) is 12.4 Å². The Balaban J connectivity index is 1.20. The molecule has 1 N–H and O–H groups in total. The van der Waals surface area contributed by atoms with Crippen LogP contribution in [0.25, 0.3) is 0 Å². The Hall–Kier alpha value is -2.31. The van der Waals surface area contributed by atoms with Crippen LogP contribution in [0.5, 0.6) is 0 Å². The molecule has 2 fully saturated rings. The zero-order chi connectivity index (χ0) is 17.8. The first-order valence-electron chi connectivity index (χ1n) is 9.18. The number of fused-ring (bicyclic) bond motifs is 1. The number of pyridine rings is 2. The van der Waals surface area contributed by atoms with Crippen molar-refractivity contribution in [3.8, 4) is 0 Å². The summed E-state index contributed by atoms with van der Waals surface area (Å²) in [7, 11) is 0. The van der Waals surface area contributed by atoms with Crippen LogP contribution in [0, 0.1) is 5.92 Å². The van der Waals surface area contributed by atoms with Crippen LogP contribution in [0.3, 0.4) is 0 Å². The summed E-state index contributed by atoms with van der Waals surface area (Å²) in [5.41, 5.74) is 2.29. The highest BCUT2D eigenvalue weighted by Crippen LogP contribution is 2.34. The van der Waals surface area contributed by atoms with Crippen molar-refractivity contribution < 1.29 is 9.53 Å². The number of amides is 1. The Bertz CT molecular complexity index is 711. The fraction of sp³-hybridized carbons (Fsp3) is 0.450. The van der Waals surface area contributed by atoms with Crippen molar-refractivity contribution >= 4 is 5.91 Å². The monoisotopic (exact) mass is 352 g/mol. The standard InChI is InChI=1S/C20H24N4O2/c25-20(23-11-16-2-1-5-22-10-16)9-18-8-17-13-24(14-19(17)26-18)12-15-3-6-21-7-4-15/h1-7,10,17-19H,8-9,11-14H2,(H,23,25)/t17-,18+,19+/m0/s1. The summed E-state index contributed by atoms with van der Waals surface area (Å²) in [4.78, 5) is 22.7. The third kappa shape index (κ3) is 4.26. The average molecular weight is 352 g/mol. The van der Waals surface area contributed by atoms with Crippen LogP contribution in [0.15, 0.2) is 49.1 Å². The lowest BCUT2D eigenvalue weighted by Gasteiger charge is -2.19. The number of nitrogens with zero attached hydrogens (tertiary/aromatic N) is 3. The summed E-state index contributed by atoms with van der Waals surface area (Å²) in [6.07, 6.45) is 8.89. The van der Waals surface area contributed by atoms with E-state index in [0.29, 0.717) is 18.9 Å². The molecule has 4 rings (SSSR count). The molecule has 6 heteroatoms. The smallest absolute Gasteiger partial charge is 0.222 e. The molecule has 2 aromatic rings. The molecule has 0 radical (unpaired) electrons. The van der Waals surface area contributed by atoms with Crippen LogP contribution < -0.4 is 5.32 Å². The molecule has 0 unspecified atom stereocenters. The SMILES string of the molecule is O=C(C[C@H]1C[C@H]2CN(Cc3ccncc3)C[C@H]2O1)NCc1cccnc1. The summed E-state index contributed by atoms with van der Waals surface area (Å²) >= 11 is 0. The van der Waals surface area contributed by atoms with Crippen molar-refractivity contribution in [3.05, 3.63) is 60.2 Å². The lowest BCUT2D eigenvalue weighted by Crippen LogP contribution is -2.29. The fourth-order valence-electron chi connectivity index (χ4n) is 3.94. The van der Waals surface area contributed by atoms with Gasteiger partial charge in [0.25, 0.3) is 0 Å². The first-order chi connectivity index (χ1) is 12.8. The number of aromatic nitrogens is 2. The van der Waals surface area contributed by atoms with Gasteiger partial charge < -0.3 is 10.1 Å². The van der Waals surface area contributed by atoms with Crippen LogP contribution >= 0.6 is 0 Å². The number of hydrogen-bond acceptors (Lipinski definition) is 5. The van der Waals surface area contributed by atoms with E-state index in [0.717, 1.165) is 31.6 Å². The summed E-state index contributed by atoms with van der Waals surface area (Å²) in [5, 5.41) is 2.96. The lowest BCUT2D eigenvalue weighted by atomic mass is 10.0. The van der Waals surface area contributed by atoms with Crippen LogP contribution in [0.1, 0.15) is 24.0 Å². The Morgan fingerprint density at radius 3 is 2.81 bits per heavy atom. The van der Waals surface area contributed by atoms with Crippen LogP contribution in [0.4, 0.5) is 0 Å². The van der Waals surface area contributed by atoms with Gasteiger partial charge in [-0.2, -0.15) is 0 Å². The molecule has 26 heavy (non-hydrogen) atoms. The van der Waals surface area contributed by atoms with Gasteiger partial charge in [-0.3, -0.25) is 19.7 Å². The van der Waals surface area contributed by atoms with Gasteiger partial charge in [0, 0.05) is 56.9 Å². The maximum Gasteiger partial charge on any atom is 0.222 e. The molecule has 1 amide bonds.